The van der Waals surface area contributed by atoms with Crippen molar-refractivity contribution >= 4 is 0 Å². The largest absolute Gasteiger partial charge is 0.314 e. The maximum Gasteiger partial charge on any atom is 0.00915 e. The zero-order valence-corrected chi connectivity index (χ0v) is 12.2. The summed E-state index contributed by atoms with van der Waals surface area (Å²) in [6, 6.07) is 1.54. The molecule has 0 aromatic heterocycles. The average Bonchev–Trinajstić information content (AvgIpc) is 2.99. The van der Waals surface area contributed by atoms with Gasteiger partial charge in [0.15, 0.2) is 0 Å². The van der Waals surface area contributed by atoms with Crippen molar-refractivity contribution in [3.63, 3.8) is 0 Å². The third-order valence-electron chi connectivity index (χ3n) is 5.81. The smallest absolute Gasteiger partial charge is 0.00915 e. The van der Waals surface area contributed by atoms with Crippen molar-refractivity contribution in [1.29, 1.82) is 0 Å². The number of likely N-dealkylation sites (tertiary alicyclic amines) is 1. The quantitative estimate of drug-likeness (QED) is 0.825. The standard InChI is InChI=1S/C16H30N2/c1-12(2)18-7-5-16(6-8-18)17-11-15-10-13-3-4-14(15)9-13/h12-17H,3-11H2,1-2H3. The summed E-state index contributed by atoms with van der Waals surface area (Å²) in [4.78, 5) is 2.62. The molecule has 3 rings (SSSR count). The predicted octanol–water partition coefficient (Wildman–Crippen LogP) is 2.89. The van der Waals surface area contributed by atoms with Crippen LogP contribution in [-0.2, 0) is 0 Å². The minimum Gasteiger partial charge on any atom is -0.314 e. The van der Waals surface area contributed by atoms with E-state index in [1.807, 2.05) is 0 Å². The molecule has 2 aliphatic carbocycles. The van der Waals surface area contributed by atoms with Crippen molar-refractivity contribution in [1.82, 2.24) is 10.2 Å². The highest BCUT2D eigenvalue weighted by Gasteiger charge is 2.39. The molecule has 3 unspecified atom stereocenters. The molecule has 3 atom stereocenters. The lowest BCUT2D eigenvalue weighted by Gasteiger charge is -2.36. The van der Waals surface area contributed by atoms with E-state index in [0.717, 1.165) is 29.8 Å². The second kappa shape index (κ2) is 5.50. The average molecular weight is 250 g/mol. The van der Waals surface area contributed by atoms with E-state index in [-0.39, 0.29) is 0 Å². The van der Waals surface area contributed by atoms with Gasteiger partial charge in [-0.1, -0.05) is 6.42 Å². The highest BCUT2D eigenvalue weighted by atomic mass is 15.2. The van der Waals surface area contributed by atoms with Crippen LogP contribution in [0.5, 0.6) is 0 Å². The first-order valence-electron chi connectivity index (χ1n) is 8.20. The molecule has 3 fully saturated rings. The van der Waals surface area contributed by atoms with E-state index in [1.54, 1.807) is 6.42 Å². The lowest BCUT2D eigenvalue weighted by molar-refractivity contribution is 0.156. The predicted molar refractivity (Wildman–Crippen MR) is 76.7 cm³/mol. The van der Waals surface area contributed by atoms with E-state index >= 15 is 0 Å². The van der Waals surface area contributed by atoms with Crippen molar-refractivity contribution in [3.8, 4) is 0 Å². The second-order valence-electron chi connectivity index (χ2n) is 7.25. The normalized spacial score (nSPS) is 37.8. The van der Waals surface area contributed by atoms with Gasteiger partial charge < -0.3 is 10.2 Å². The Labute approximate surface area is 113 Å². The van der Waals surface area contributed by atoms with Gasteiger partial charge in [-0.3, -0.25) is 0 Å². The van der Waals surface area contributed by atoms with Gasteiger partial charge in [-0.2, -0.15) is 0 Å². The van der Waals surface area contributed by atoms with Gasteiger partial charge in [0, 0.05) is 12.1 Å². The number of nitrogens with zero attached hydrogens (tertiary/aromatic N) is 1. The van der Waals surface area contributed by atoms with Gasteiger partial charge in [0.1, 0.15) is 0 Å². The number of rotatable bonds is 4. The first-order chi connectivity index (χ1) is 8.72. The van der Waals surface area contributed by atoms with Crippen LogP contribution < -0.4 is 5.32 Å². The minimum absolute atomic E-state index is 0.733. The molecular formula is C16H30N2. The molecule has 2 heteroatoms. The molecule has 1 aliphatic heterocycles. The van der Waals surface area contributed by atoms with Crippen LogP contribution in [0.4, 0.5) is 0 Å². The zero-order chi connectivity index (χ0) is 12.5. The molecule has 2 saturated carbocycles. The molecule has 1 saturated heterocycles. The molecule has 2 nitrogen and oxygen atoms in total. The molecule has 104 valence electrons. The molecule has 0 spiro atoms. The van der Waals surface area contributed by atoms with Crippen LogP contribution in [0.25, 0.3) is 0 Å². The number of hydrogen-bond donors (Lipinski definition) is 1. The fourth-order valence-corrected chi connectivity index (χ4v) is 4.56. The van der Waals surface area contributed by atoms with E-state index in [1.165, 1.54) is 51.7 Å². The SMILES string of the molecule is CC(C)N1CCC(NCC2CC3CCC2C3)CC1. The Morgan fingerprint density at radius 3 is 2.39 bits per heavy atom. The van der Waals surface area contributed by atoms with Crippen LogP contribution in [0.3, 0.4) is 0 Å². The fourth-order valence-electron chi connectivity index (χ4n) is 4.56. The van der Waals surface area contributed by atoms with Crippen molar-refractivity contribution in [2.75, 3.05) is 19.6 Å². The number of hydrogen-bond acceptors (Lipinski definition) is 2. The van der Waals surface area contributed by atoms with Crippen LogP contribution in [0, 0.1) is 17.8 Å². The summed E-state index contributed by atoms with van der Waals surface area (Å²) >= 11 is 0. The van der Waals surface area contributed by atoms with E-state index < -0.39 is 0 Å². The Bertz CT molecular complexity index is 268. The fraction of sp³-hybridized carbons (Fsp3) is 1.00. The number of piperidine rings is 1. The Morgan fingerprint density at radius 1 is 1.06 bits per heavy atom. The highest BCUT2D eigenvalue weighted by Crippen LogP contribution is 2.47. The number of fused-ring (bicyclic) bond motifs is 2. The third-order valence-corrected chi connectivity index (χ3v) is 5.81. The van der Waals surface area contributed by atoms with Gasteiger partial charge in [0.2, 0.25) is 0 Å². The summed E-state index contributed by atoms with van der Waals surface area (Å²) in [5.74, 6) is 3.20. The zero-order valence-electron chi connectivity index (χ0n) is 12.2. The second-order valence-corrected chi connectivity index (χ2v) is 7.25. The van der Waals surface area contributed by atoms with Crippen LogP contribution >= 0.6 is 0 Å². The Hall–Kier alpha value is -0.0800. The Kier molecular flexibility index (Phi) is 3.95. The first-order valence-corrected chi connectivity index (χ1v) is 8.20. The van der Waals surface area contributed by atoms with Gasteiger partial charge in [-0.05, 0) is 83.3 Å². The number of nitrogens with one attached hydrogen (secondary N) is 1. The van der Waals surface area contributed by atoms with Crippen LogP contribution in [-0.4, -0.2) is 36.6 Å². The van der Waals surface area contributed by atoms with Crippen LogP contribution in [0.15, 0.2) is 0 Å². The van der Waals surface area contributed by atoms with Gasteiger partial charge in [0.05, 0.1) is 0 Å². The molecule has 0 aromatic rings. The summed E-state index contributed by atoms with van der Waals surface area (Å²) in [7, 11) is 0. The molecule has 0 amide bonds. The molecule has 3 aliphatic rings. The molecule has 2 bridgehead atoms. The third kappa shape index (κ3) is 2.75. The summed E-state index contributed by atoms with van der Waals surface area (Å²) < 4.78 is 0. The molecular weight excluding hydrogens is 220 g/mol. The Balaban J connectivity index is 1.37. The molecule has 0 radical (unpaired) electrons. The summed E-state index contributed by atoms with van der Waals surface area (Å²) in [6.07, 6.45) is 8.87. The molecule has 1 heterocycles. The lowest BCUT2D eigenvalue weighted by atomic mass is 9.88. The minimum atomic E-state index is 0.733. The van der Waals surface area contributed by atoms with E-state index in [4.69, 9.17) is 0 Å². The highest BCUT2D eigenvalue weighted by molar-refractivity contribution is 4.91. The summed E-state index contributed by atoms with van der Waals surface area (Å²) in [5.41, 5.74) is 0. The van der Waals surface area contributed by atoms with Gasteiger partial charge in [0.25, 0.3) is 0 Å². The van der Waals surface area contributed by atoms with Gasteiger partial charge in [-0.15, -0.1) is 0 Å². The van der Waals surface area contributed by atoms with Crippen molar-refractivity contribution in [2.45, 2.75) is 64.5 Å². The van der Waals surface area contributed by atoms with E-state index in [0.29, 0.717) is 0 Å². The monoisotopic (exact) mass is 250 g/mol. The lowest BCUT2D eigenvalue weighted by Crippen LogP contribution is -2.46. The van der Waals surface area contributed by atoms with E-state index in [9.17, 15) is 0 Å². The molecule has 0 aromatic carbocycles. The maximum absolute atomic E-state index is 3.88. The van der Waals surface area contributed by atoms with Crippen LogP contribution in [0.2, 0.25) is 0 Å². The van der Waals surface area contributed by atoms with Gasteiger partial charge >= 0.3 is 0 Å². The van der Waals surface area contributed by atoms with Crippen LogP contribution in [0.1, 0.15) is 52.4 Å². The maximum atomic E-state index is 3.88. The van der Waals surface area contributed by atoms with Crippen molar-refractivity contribution < 1.29 is 0 Å². The van der Waals surface area contributed by atoms with Gasteiger partial charge in [-0.25, -0.2) is 0 Å². The van der Waals surface area contributed by atoms with E-state index in [2.05, 4.69) is 24.1 Å². The molecule has 18 heavy (non-hydrogen) atoms. The first kappa shape index (κ1) is 12.9. The summed E-state index contributed by atoms with van der Waals surface area (Å²) in [6.45, 7) is 8.55. The topological polar surface area (TPSA) is 15.3 Å². The Morgan fingerprint density at radius 2 is 1.83 bits per heavy atom. The molecule has 1 N–H and O–H groups in total. The van der Waals surface area contributed by atoms with Crippen molar-refractivity contribution in [3.05, 3.63) is 0 Å². The summed E-state index contributed by atoms with van der Waals surface area (Å²) in [5, 5.41) is 3.88. The van der Waals surface area contributed by atoms with Crippen molar-refractivity contribution in [2.24, 2.45) is 17.8 Å².